The van der Waals surface area contributed by atoms with Crippen LogP contribution in [0.2, 0.25) is 0 Å². The summed E-state index contributed by atoms with van der Waals surface area (Å²) in [5.74, 6) is -0.694. The minimum atomic E-state index is -0.694. The van der Waals surface area contributed by atoms with Gasteiger partial charge in [0.1, 0.15) is 0 Å². The first kappa shape index (κ1) is 9.31. The highest BCUT2D eigenvalue weighted by molar-refractivity contribution is 5.68. The van der Waals surface area contributed by atoms with E-state index in [4.69, 9.17) is 5.11 Å². The van der Waals surface area contributed by atoms with Crippen molar-refractivity contribution in [1.29, 1.82) is 0 Å². The average Bonchev–Trinajstić information content (AvgIpc) is 2.69. The Morgan fingerprint density at radius 1 is 1.29 bits per heavy atom. The summed E-state index contributed by atoms with van der Waals surface area (Å²) in [6.45, 7) is 0. The molecule has 0 bridgehead atoms. The van der Waals surface area contributed by atoms with Gasteiger partial charge in [0, 0.05) is 12.4 Å². The maximum atomic E-state index is 10.8. The minimum Gasteiger partial charge on any atom is -0.481 e. The lowest BCUT2D eigenvalue weighted by Gasteiger charge is -2.29. The van der Waals surface area contributed by atoms with Crippen LogP contribution in [-0.4, -0.2) is 15.6 Å². The molecule has 1 aromatic rings. The highest BCUT2D eigenvalue weighted by Gasteiger charge is 2.36. The van der Waals surface area contributed by atoms with Gasteiger partial charge in [0.25, 0.3) is 0 Å². The number of nitrogens with zero attached hydrogens (tertiary/aromatic N) is 1. The number of carboxylic acid groups (broad SMARTS) is 1. The summed E-state index contributed by atoms with van der Waals surface area (Å²) >= 11 is 0. The fraction of sp³-hybridized carbons (Fsp3) is 0.545. The monoisotopic (exact) mass is 193 g/mol. The summed E-state index contributed by atoms with van der Waals surface area (Å²) in [5, 5.41) is 8.92. The van der Waals surface area contributed by atoms with Crippen molar-refractivity contribution in [2.45, 2.75) is 37.6 Å². The van der Waals surface area contributed by atoms with Crippen LogP contribution in [0.25, 0.3) is 0 Å². The van der Waals surface area contributed by atoms with Crippen LogP contribution in [0.1, 0.15) is 32.1 Å². The third kappa shape index (κ3) is 1.54. The highest BCUT2D eigenvalue weighted by atomic mass is 16.4. The normalized spacial score (nSPS) is 19.7. The SMILES string of the molecule is O=C(O)CC1(n2cccc2)CCCC1. The largest absolute Gasteiger partial charge is 0.481 e. The van der Waals surface area contributed by atoms with Crippen LogP contribution >= 0.6 is 0 Å². The molecule has 76 valence electrons. The fourth-order valence-corrected chi connectivity index (χ4v) is 2.49. The zero-order chi connectivity index (χ0) is 10.0. The second-order valence-corrected chi connectivity index (χ2v) is 4.09. The first-order valence-corrected chi connectivity index (χ1v) is 5.08. The third-order valence-corrected chi connectivity index (χ3v) is 3.17. The number of aliphatic carboxylic acids is 1. The van der Waals surface area contributed by atoms with Gasteiger partial charge in [-0.2, -0.15) is 0 Å². The Morgan fingerprint density at radius 3 is 2.36 bits per heavy atom. The number of hydrogen-bond acceptors (Lipinski definition) is 1. The fourth-order valence-electron chi connectivity index (χ4n) is 2.49. The molecule has 0 unspecified atom stereocenters. The number of aromatic nitrogens is 1. The molecule has 2 rings (SSSR count). The maximum absolute atomic E-state index is 10.8. The lowest BCUT2D eigenvalue weighted by molar-refractivity contribution is -0.139. The van der Waals surface area contributed by atoms with Gasteiger partial charge in [0.05, 0.1) is 12.0 Å². The molecule has 1 aliphatic rings. The Hall–Kier alpha value is -1.25. The number of carbonyl (C=O) groups is 1. The third-order valence-electron chi connectivity index (χ3n) is 3.17. The second kappa shape index (κ2) is 3.48. The Kier molecular flexibility index (Phi) is 2.32. The lowest BCUT2D eigenvalue weighted by atomic mass is 9.93. The molecule has 1 aliphatic carbocycles. The van der Waals surface area contributed by atoms with Crippen LogP contribution in [-0.2, 0) is 10.3 Å². The molecule has 1 aromatic heterocycles. The standard InChI is InChI=1S/C11H15NO2/c13-10(14)9-11(5-1-2-6-11)12-7-3-4-8-12/h3-4,7-8H,1-2,5-6,9H2,(H,13,14). The van der Waals surface area contributed by atoms with Crippen molar-refractivity contribution < 1.29 is 9.90 Å². The van der Waals surface area contributed by atoms with E-state index in [0.29, 0.717) is 0 Å². The zero-order valence-electron chi connectivity index (χ0n) is 8.15. The van der Waals surface area contributed by atoms with E-state index in [1.807, 2.05) is 24.5 Å². The molecule has 0 amide bonds. The molecule has 0 saturated heterocycles. The molecule has 14 heavy (non-hydrogen) atoms. The first-order valence-electron chi connectivity index (χ1n) is 5.08. The van der Waals surface area contributed by atoms with Gasteiger partial charge in [-0.15, -0.1) is 0 Å². The van der Waals surface area contributed by atoms with Crippen LogP contribution in [0.5, 0.6) is 0 Å². The Balaban J connectivity index is 2.26. The Bertz CT molecular complexity index is 310. The van der Waals surface area contributed by atoms with E-state index < -0.39 is 5.97 Å². The van der Waals surface area contributed by atoms with Crippen LogP contribution in [0, 0.1) is 0 Å². The average molecular weight is 193 g/mol. The molecule has 0 aromatic carbocycles. The van der Waals surface area contributed by atoms with E-state index in [2.05, 4.69) is 4.57 Å². The molecule has 3 heteroatoms. The van der Waals surface area contributed by atoms with E-state index in [0.717, 1.165) is 25.7 Å². The van der Waals surface area contributed by atoms with Gasteiger partial charge in [-0.05, 0) is 25.0 Å². The predicted octanol–water partition coefficient (Wildman–Crippen LogP) is 2.23. The van der Waals surface area contributed by atoms with Crippen molar-refractivity contribution in [3.05, 3.63) is 24.5 Å². The van der Waals surface area contributed by atoms with Gasteiger partial charge in [0.15, 0.2) is 0 Å². The molecule has 0 aliphatic heterocycles. The van der Waals surface area contributed by atoms with E-state index in [1.165, 1.54) is 0 Å². The second-order valence-electron chi connectivity index (χ2n) is 4.09. The van der Waals surface area contributed by atoms with Crippen molar-refractivity contribution in [3.8, 4) is 0 Å². The zero-order valence-corrected chi connectivity index (χ0v) is 8.15. The van der Waals surface area contributed by atoms with Crippen LogP contribution in [0.15, 0.2) is 24.5 Å². The van der Waals surface area contributed by atoms with Crippen LogP contribution in [0.3, 0.4) is 0 Å². The Morgan fingerprint density at radius 2 is 1.86 bits per heavy atom. The number of rotatable bonds is 3. The molecule has 0 radical (unpaired) electrons. The summed E-state index contributed by atoms with van der Waals surface area (Å²) in [6, 6.07) is 3.92. The molecule has 1 heterocycles. The molecule has 0 spiro atoms. The summed E-state index contributed by atoms with van der Waals surface area (Å²) < 4.78 is 2.08. The highest BCUT2D eigenvalue weighted by Crippen LogP contribution is 2.39. The van der Waals surface area contributed by atoms with Gasteiger partial charge in [-0.1, -0.05) is 12.8 Å². The molecule has 0 atom stereocenters. The quantitative estimate of drug-likeness (QED) is 0.799. The summed E-state index contributed by atoms with van der Waals surface area (Å²) in [7, 11) is 0. The van der Waals surface area contributed by atoms with Gasteiger partial charge < -0.3 is 9.67 Å². The van der Waals surface area contributed by atoms with Crippen molar-refractivity contribution in [2.75, 3.05) is 0 Å². The smallest absolute Gasteiger partial charge is 0.305 e. The van der Waals surface area contributed by atoms with Crippen molar-refractivity contribution in [2.24, 2.45) is 0 Å². The number of carboxylic acids is 1. The van der Waals surface area contributed by atoms with Gasteiger partial charge in [0.2, 0.25) is 0 Å². The molecule has 1 fully saturated rings. The minimum absolute atomic E-state index is 0.144. The molecular formula is C11H15NO2. The summed E-state index contributed by atoms with van der Waals surface area (Å²) in [6.07, 6.45) is 8.49. The van der Waals surface area contributed by atoms with E-state index in [1.54, 1.807) is 0 Å². The van der Waals surface area contributed by atoms with Crippen LogP contribution < -0.4 is 0 Å². The topological polar surface area (TPSA) is 42.2 Å². The van der Waals surface area contributed by atoms with E-state index in [-0.39, 0.29) is 12.0 Å². The van der Waals surface area contributed by atoms with Crippen molar-refractivity contribution >= 4 is 5.97 Å². The first-order chi connectivity index (χ1) is 6.73. The number of hydrogen-bond donors (Lipinski definition) is 1. The predicted molar refractivity (Wildman–Crippen MR) is 53.1 cm³/mol. The molecule has 3 nitrogen and oxygen atoms in total. The van der Waals surface area contributed by atoms with E-state index >= 15 is 0 Å². The summed E-state index contributed by atoms with van der Waals surface area (Å²) in [4.78, 5) is 10.8. The molecule has 1 N–H and O–H groups in total. The van der Waals surface area contributed by atoms with Gasteiger partial charge in [-0.3, -0.25) is 4.79 Å². The van der Waals surface area contributed by atoms with Crippen molar-refractivity contribution in [3.63, 3.8) is 0 Å². The van der Waals surface area contributed by atoms with Gasteiger partial charge >= 0.3 is 5.97 Å². The molecular weight excluding hydrogens is 178 g/mol. The maximum Gasteiger partial charge on any atom is 0.305 e. The van der Waals surface area contributed by atoms with Gasteiger partial charge in [-0.25, -0.2) is 0 Å². The lowest BCUT2D eigenvalue weighted by Crippen LogP contribution is -2.32. The summed E-state index contributed by atoms with van der Waals surface area (Å²) in [5.41, 5.74) is -0.144. The van der Waals surface area contributed by atoms with Crippen LogP contribution in [0.4, 0.5) is 0 Å². The van der Waals surface area contributed by atoms with Crippen molar-refractivity contribution in [1.82, 2.24) is 4.57 Å². The molecule has 1 saturated carbocycles. The Labute approximate surface area is 83.4 Å². The van der Waals surface area contributed by atoms with E-state index in [9.17, 15) is 4.79 Å².